The van der Waals surface area contributed by atoms with Gasteiger partial charge < -0.3 is 0 Å². The number of halogens is 2. The third-order valence-electron chi connectivity index (χ3n) is 4.40. The summed E-state index contributed by atoms with van der Waals surface area (Å²) in [5, 5.41) is 0. The number of hydrogen-bond acceptors (Lipinski definition) is 0. The minimum atomic E-state index is -3.46. The van der Waals surface area contributed by atoms with Gasteiger partial charge in [-0.25, -0.2) is 0 Å². The summed E-state index contributed by atoms with van der Waals surface area (Å²) in [4.78, 5) is 0. The molecule has 0 heterocycles. The molecule has 2 aliphatic rings. The molecule has 0 bridgehead atoms. The molecule has 122 valence electrons. The van der Waals surface area contributed by atoms with Crippen LogP contribution in [0.1, 0.15) is 21.2 Å². The fourth-order valence-electron chi connectivity index (χ4n) is 3.43. The zero-order valence-corrected chi connectivity index (χ0v) is 20.0. The summed E-state index contributed by atoms with van der Waals surface area (Å²) in [7, 11) is 14.1. The first-order valence-electron chi connectivity index (χ1n) is 8.12. The molecule has 0 aromatic heterocycles. The SMILES string of the molecule is [CH3][Ge][CH3].[Cl][Zr]([Cl])([C]1=CC=CC1)[CH]1c2ccccc2-c2ccccc21. The summed E-state index contributed by atoms with van der Waals surface area (Å²) in [5.74, 6) is 4.50. The second-order valence-corrected chi connectivity index (χ2v) is 22.4. The molecular weight excluding hydrogens is 475 g/mol. The molecule has 0 amide bonds. The van der Waals surface area contributed by atoms with Gasteiger partial charge in [0.05, 0.1) is 0 Å². The Morgan fingerprint density at radius 3 is 1.88 bits per heavy atom. The first-order valence-corrected chi connectivity index (χ1v) is 21.3. The van der Waals surface area contributed by atoms with Crippen molar-refractivity contribution >= 4 is 32.5 Å². The summed E-state index contributed by atoms with van der Waals surface area (Å²) in [6, 6.07) is 17.1. The van der Waals surface area contributed by atoms with Crippen LogP contribution in [0.5, 0.6) is 0 Å². The summed E-state index contributed by atoms with van der Waals surface area (Å²) < 4.78 is 1.48. The van der Waals surface area contributed by atoms with Gasteiger partial charge in [0.2, 0.25) is 0 Å². The van der Waals surface area contributed by atoms with Crippen LogP contribution in [0.15, 0.2) is 70.0 Å². The van der Waals surface area contributed by atoms with Crippen LogP contribution in [0.4, 0.5) is 0 Å². The fourth-order valence-corrected chi connectivity index (χ4v) is 13.7. The van der Waals surface area contributed by atoms with Crippen molar-refractivity contribution in [2.24, 2.45) is 0 Å². The van der Waals surface area contributed by atoms with Gasteiger partial charge in [-0.3, -0.25) is 0 Å². The van der Waals surface area contributed by atoms with Crippen LogP contribution in [-0.4, -0.2) is 15.4 Å². The molecule has 0 spiro atoms. The number of rotatable bonds is 2. The van der Waals surface area contributed by atoms with E-state index in [1.807, 2.05) is 0 Å². The third kappa shape index (κ3) is 3.43. The van der Waals surface area contributed by atoms with Crippen molar-refractivity contribution in [1.82, 2.24) is 0 Å². The van der Waals surface area contributed by atoms with Gasteiger partial charge >= 0.3 is 164 Å². The van der Waals surface area contributed by atoms with Gasteiger partial charge in [-0.05, 0) is 0 Å². The molecule has 4 heteroatoms. The summed E-state index contributed by atoms with van der Waals surface area (Å²) >= 11 is -2.96. The summed E-state index contributed by atoms with van der Waals surface area (Å²) in [6.07, 6.45) is 7.29. The van der Waals surface area contributed by atoms with Gasteiger partial charge in [-0.1, -0.05) is 0 Å². The summed E-state index contributed by atoms with van der Waals surface area (Å²) in [5.41, 5.74) is 5.22. The molecular formula is C20H20Cl2GeZr. The Balaban J connectivity index is 0.000000526. The van der Waals surface area contributed by atoms with Crippen LogP contribution in [-0.2, 0) is 17.9 Å². The molecule has 24 heavy (non-hydrogen) atoms. The van der Waals surface area contributed by atoms with Crippen LogP contribution in [0.2, 0.25) is 11.5 Å². The van der Waals surface area contributed by atoms with Gasteiger partial charge in [0.25, 0.3) is 0 Å². The van der Waals surface area contributed by atoms with Crippen molar-refractivity contribution < 1.29 is 17.9 Å². The maximum atomic E-state index is 7.07. The van der Waals surface area contributed by atoms with Crippen molar-refractivity contribution in [1.29, 1.82) is 0 Å². The Morgan fingerprint density at radius 2 is 1.42 bits per heavy atom. The Hall–Kier alpha value is -0.0740. The van der Waals surface area contributed by atoms with Crippen molar-refractivity contribution in [3.8, 4) is 11.1 Å². The topological polar surface area (TPSA) is 0 Å². The van der Waals surface area contributed by atoms with Crippen LogP contribution in [0.25, 0.3) is 11.1 Å². The molecule has 2 aromatic carbocycles. The van der Waals surface area contributed by atoms with E-state index in [0.717, 1.165) is 6.42 Å². The molecule has 0 nitrogen and oxygen atoms in total. The molecule has 2 aromatic rings. The Morgan fingerprint density at radius 1 is 0.917 bits per heavy atom. The van der Waals surface area contributed by atoms with E-state index < -0.39 is 17.9 Å². The molecule has 0 fully saturated rings. The maximum absolute atomic E-state index is 7.07. The molecule has 0 saturated heterocycles. The number of hydrogen-bond donors (Lipinski definition) is 0. The predicted octanol–water partition coefficient (Wildman–Crippen LogP) is 6.85. The molecule has 0 N–H and O–H groups in total. The van der Waals surface area contributed by atoms with E-state index in [4.69, 9.17) is 17.0 Å². The van der Waals surface area contributed by atoms with E-state index >= 15 is 0 Å². The van der Waals surface area contributed by atoms with Crippen LogP contribution in [0, 0.1) is 0 Å². The Bertz CT molecular complexity index is 750. The molecule has 0 atom stereocenters. The van der Waals surface area contributed by atoms with Crippen molar-refractivity contribution in [2.75, 3.05) is 0 Å². The van der Waals surface area contributed by atoms with Crippen LogP contribution in [0.3, 0.4) is 0 Å². The van der Waals surface area contributed by atoms with E-state index in [1.54, 1.807) is 0 Å². The van der Waals surface area contributed by atoms with Gasteiger partial charge in [-0.2, -0.15) is 0 Å². The third-order valence-corrected chi connectivity index (χ3v) is 16.2. The van der Waals surface area contributed by atoms with E-state index in [2.05, 4.69) is 78.3 Å². The van der Waals surface area contributed by atoms with Gasteiger partial charge in [0, 0.05) is 0 Å². The normalized spacial score (nSPS) is 15.4. The second-order valence-electron chi connectivity index (χ2n) is 6.05. The average molecular weight is 495 g/mol. The van der Waals surface area contributed by atoms with Crippen LogP contribution < -0.4 is 0 Å². The van der Waals surface area contributed by atoms with E-state index in [9.17, 15) is 0 Å². The van der Waals surface area contributed by atoms with E-state index in [0.29, 0.717) is 15.4 Å². The monoisotopic (exact) mass is 494 g/mol. The van der Waals surface area contributed by atoms with Crippen molar-refractivity contribution in [2.45, 2.75) is 21.6 Å². The first kappa shape index (κ1) is 18.7. The van der Waals surface area contributed by atoms with Crippen molar-refractivity contribution in [3.63, 3.8) is 0 Å². The molecule has 0 saturated carbocycles. The number of allylic oxidation sites excluding steroid dienone is 4. The second kappa shape index (κ2) is 8.08. The molecule has 0 aliphatic heterocycles. The van der Waals surface area contributed by atoms with Gasteiger partial charge in [-0.15, -0.1) is 0 Å². The van der Waals surface area contributed by atoms with Crippen LogP contribution >= 0.6 is 17.0 Å². The number of fused-ring (bicyclic) bond motifs is 3. The minimum absolute atomic E-state index is 0.196. The first-order chi connectivity index (χ1) is 11.6. The zero-order valence-electron chi connectivity index (χ0n) is 13.9. The van der Waals surface area contributed by atoms with E-state index in [-0.39, 0.29) is 3.63 Å². The van der Waals surface area contributed by atoms with E-state index in [1.165, 1.54) is 25.5 Å². The molecule has 4 rings (SSSR count). The zero-order chi connectivity index (χ0) is 17.2. The predicted molar refractivity (Wildman–Crippen MR) is 105 cm³/mol. The van der Waals surface area contributed by atoms with Crippen molar-refractivity contribution in [3.05, 3.63) is 81.2 Å². The van der Waals surface area contributed by atoms with Gasteiger partial charge in [0.1, 0.15) is 0 Å². The van der Waals surface area contributed by atoms with Gasteiger partial charge in [0.15, 0.2) is 0 Å². The average Bonchev–Trinajstić information content (AvgIpc) is 3.22. The molecule has 2 radical (unpaired) electrons. The molecule has 2 aliphatic carbocycles. The molecule has 0 unspecified atom stereocenters. The Kier molecular flexibility index (Phi) is 6.30. The summed E-state index contributed by atoms with van der Waals surface area (Å²) in [6.45, 7) is 0. The Labute approximate surface area is 162 Å². The number of benzene rings is 2. The fraction of sp³-hybridized carbons (Fsp3) is 0.200. The quantitative estimate of drug-likeness (QED) is 0.400. The standard InChI is InChI=1S/C13H9.C5H5.C2H6Ge.2ClH.Zr/c1-3-7-12-10(5-1)9-11-6-2-4-8-13(11)12;1-2-4-5-3-1;1-3-2;;;/h1-9H;1-3H,4H2;1-2H3;2*1H;/q;;;;;+2/p-2.